The highest BCUT2D eigenvalue weighted by Gasteiger charge is 2.25. The number of hydrogen-bond donors (Lipinski definition) is 4. The number of anilines is 1. The molecule has 8 nitrogen and oxygen atoms in total. The Balaban J connectivity index is 0.000000505. The fraction of sp³-hybridized carbons (Fsp3) is 0.467. The van der Waals surface area contributed by atoms with Crippen LogP contribution in [0.15, 0.2) is 23.2 Å². The Morgan fingerprint density at radius 2 is 1.75 bits per heavy atom. The van der Waals surface area contributed by atoms with Gasteiger partial charge in [-0.15, -0.1) is 0 Å². The second-order valence-electron chi connectivity index (χ2n) is 5.57. The Kier molecular flexibility index (Phi) is 7.10. The van der Waals surface area contributed by atoms with Crippen molar-refractivity contribution in [1.82, 2.24) is 4.90 Å². The van der Waals surface area contributed by atoms with E-state index in [0.717, 1.165) is 35.7 Å². The van der Waals surface area contributed by atoms with Gasteiger partial charge < -0.3 is 24.9 Å². The summed E-state index contributed by atoms with van der Waals surface area (Å²) in [6.45, 7) is 9.51. The van der Waals surface area contributed by atoms with E-state index in [1.807, 2.05) is 50.8 Å². The molecule has 1 aromatic carbocycles. The van der Waals surface area contributed by atoms with E-state index in [1.165, 1.54) is 0 Å². The zero-order valence-corrected chi connectivity index (χ0v) is 15.1. The number of carbonyl (C=O) groups is 1. The van der Waals surface area contributed by atoms with Crippen LogP contribution in [0.2, 0.25) is 0 Å². The molecule has 0 bridgehead atoms. The van der Waals surface area contributed by atoms with Crippen molar-refractivity contribution in [1.29, 1.82) is 0 Å². The van der Waals surface area contributed by atoms with Crippen LogP contribution >= 0.6 is 7.82 Å². The van der Waals surface area contributed by atoms with Crippen LogP contribution in [0.25, 0.3) is 0 Å². The number of nitrogens with zero attached hydrogens (tertiary/aromatic N) is 2. The summed E-state index contributed by atoms with van der Waals surface area (Å²) in [5.74, 6) is 0.970. The number of nitrogens with one attached hydrogen (secondary N) is 1. The van der Waals surface area contributed by atoms with Crippen molar-refractivity contribution in [2.45, 2.75) is 33.7 Å². The second-order valence-corrected chi connectivity index (χ2v) is 6.59. The van der Waals surface area contributed by atoms with Gasteiger partial charge in [0, 0.05) is 12.2 Å². The number of carbonyl (C=O) groups excluding carboxylic acids is 1. The molecule has 1 aliphatic rings. The van der Waals surface area contributed by atoms with Gasteiger partial charge in [-0.1, -0.05) is 18.2 Å². The first-order chi connectivity index (χ1) is 11.0. The van der Waals surface area contributed by atoms with E-state index in [-0.39, 0.29) is 11.9 Å². The van der Waals surface area contributed by atoms with Crippen molar-refractivity contribution in [2.75, 3.05) is 18.4 Å². The fourth-order valence-corrected chi connectivity index (χ4v) is 2.43. The molecule has 0 radical (unpaired) electrons. The van der Waals surface area contributed by atoms with Gasteiger partial charge in [0.05, 0.1) is 12.4 Å². The highest BCUT2D eigenvalue weighted by atomic mass is 31.2. The van der Waals surface area contributed by atoms with Crippen LogP contribution in [-0.4, -0.2) is 50.5 Å². The number of para-hydroxylation sites is 1. The molecule has 1 heterocycles. The van der Waals surface area contributed by atoms with Crippen LogP contribution in [0.4, 0.5) is 5.69 Å². The SMILES string of the molecule is CC1=NCCN1C(C)C(=O)Nc1c(C)cccc1C.O=P(O)(O)O. The van der Waals surface area contributed by atoms with E-state index < -0.39 is 7.82 Å². The third-order valence-electron chi connectivity index (χ3n) is 3.67. The summed E-state index contributed by atoms with van der Waals surface area (Å²) >= 11 is 0. The predicted molar refractivity (Wildman–Crippen MR) is 93.0 cm³/mol. The number of aliphatic imine (C=N–C) groups is 1. The summed E-state index contributed by atoms with van der Waals surface area (Å²) in [6, 6.07) is 5.83. The molecule has 0 aromatic heterocycles. The first-order valence-electron chi connectivity index (χ1n) is 7.43. The molecule has 0 aliphatic carbocycles. The lowest BCUT2D eigenvalue weighted by molar-refractivity contribution is -0.119. The molecule has 1 aliphatic heterocycles. The van der Waals surface area contributed by atoms with E-state index >= 15 is 0 Å². The van der Waals surface area contributed by atoms with Crippen LogP contribution in [0.3, 0.4) is 0 Å². The van der Waals surface area contributed by atoms with Crippen LogP contribution in [0.5, 0.6) is 0 Å². The van der Waals surface area contributed by atoms with Crippen molar-refractivity contribution >= 4 is 25.3 Å². The molecule has 9 heteroatoms. The molecule has 0 saturated heterocycles. The largest absolute Gasteiger partial charge is 0.466 e. The third-order valence-corrected chi connectivity index (χ3v) is 3.67. The van der Waals surface area contributed by atoms with Gasteiger partial charge in [-0.3, -0.25) is 9.79 Å². The zero-order chi connectivity index (χ0) is 18.5. The van der Waals surface area contributed by atoms with Gasteiger partial charge in [0.2, 0.25) is 5.91 Å². The minimum Gasteiger partial charge on any atom is -0.347 e. The van der Waals surface area contributed by atoms with Crippen molar-refractivity contribution in [3.8, 4) is 0 Å². The lowest BCUT2D eigenvalue weighted by Crippen LogP contribution is -2.43. The Morgan fingerprint density at radius 3 is 2.17 bits per heavy atom. The van der Waals surface area contributed by atoms with E-state index in [4.69, 9.17) is 19.2 Å². The summed E-state index contributed by atoms with van der Waals surface area (Å²) in [4.78, 5) is 40.3. The average molecular weight is 357 g/mol. The van der Waals surface area contributed by atoms with E-state index in [0.29, 0.717) is 0 Å². The highest BCUT2D eigenvalue weighted by molar-refractivity contribution is 7.45. The third kappa shape index (κ3) is 6.41. The number of phosphoric acid groups is 1. The van der Waals surface area contributed by atoms with Gasteiger partial charge in [-0.25, -0.2) is 4.57 Å². The van der Waals surface area contributed by atoms with Gasteiger partial charge in [-0.05, 0) is 38.8 Å². The molecule has 1 aromatic rings. The topological polar surface area (TPSA) is 122 Å². The zero-order valence-electron chi connectivity index (χ0n) is 14.2. The van der Waals surface area contributed by atoms with Gasteiger partial charge in [0.25, 0.3) is 0 Å². The quantitative estimate of drug-likeness (QED) is 0.607. The summed E-state index contributed by atoms with van der Waals surface area (Å²) < 4.78 is 8.88. The molecule has 134 valence electrons. The molecule has 0 saturated carbocycles. The maximum Gasteiger partial charge on any atom is 0.466 e. The first-order valence-corrected chi connectivity index (χ1v) is 9.00. The number of amides is 1. The molecular formula is C15H24N3O5P. The normalized spacial score (nSPS) is 15.3. The van der Waals surface area contributed by atoms with Crippen molar-refractivity contribution in [3.05, 3.63) is 29.3 Å². The van der Waals surface area contributed by atoms with Gasteiger partial charge in [-0.2, -0.15) is 0 Å². The smallest absolute Gasteiger partial charge is 0.347 e. The Labute approximate surface area is 141 Å². The molecule has 1 unspecified atom stereocenters. The fourth-order valence-electron chi connectivity index (χ4n) is 2.43. The van der Waals surface area contributed by atoms with Crippen LogP contribution in [-0.2, 0) is 9.36 Å². The molecule has 2 rings (SSSR count). The van der Waals surface area contributed by atoms with Crippen LogP contribution in [0, 0.1) is 13.8 Å². The Bertz CT molecular complexity index is 643. The van der Waals surface area contributed by atoms with Crippen molar-refractivity contribution < 1.29 is 24.0 Å². The first kappa shape index (κ1) is 20.3. The van der Waals surface area contributed by atoms with Gasteiger partial charge in [0.15, 0.2) is 0 Å². The molecular weight excluding hydrogens is 333 g/mol. The standard InChI is InChI=1S/C15H21N3O.H3O4P/c1-10-6-5-7-11(2)14(10)17-15(19)12(3)18-9-8-16-13(18)4;1-5(2,3)4/h5-7,12H,8-9H2,1-4H3,(H,17,19);(H3,1,2,3,4). The van der Waals surface area contributed by atoms with Crippen LogP contribution < -0.4 is 5.32 Å². The molecule has 1 atom stereocenters. The van der Waals surface area contributed by atoms with Gasteiger partial charge >= 0.3 is 7.82 Å². The number of rotatable bonds is 3. The Morgan fingerprint density at radius 1 is 1.25 bits per heavy atom. The minimum absolute atomic E-state index is 0.0221. The number of amidine groups is 1. The lowest BCUT2D eigenvalue weighted by Gasteiger charge is -2.26. The molecule has 0 spiro atoms. The van der Waals surface area contributed by atoms with Crippen LogP contribution in [0.1, 0.15) is 25.0 Å². The van der Waals surface area contributed by atoms with E-state index in [1.54, 1.807) is 0 Å². The maximum atomic E-state index is 12.3. The predicted octanol–water partition coefficient (Wildman–Crippen LogP) is 1.44. The maximum absolute atomic E-state index is 12.3. The summed E-state index contributed by atoms with van der Waals surface area (Å²) in [7, 11) is -4.64. The van der Waals surface area contributed by atoms with Crippen molar-refractivity contribution in [2.24, 2.45) is 4.99 Å². The van der Waals surface area contributed by atoms with Gasteiger partial charge in [0.1, 0.15) is 6.04 Å². The summed E-state index contributed by atoms with van der Waals surface area (Å²) in [6.07, 6.45) is 0. The molecule has 4 N–H and O–H groups in total. The molecule has 24 heavy (non-hydrogen) atoms. The Hall–Kier alpha value is -1.73. The van der Waals surface area contributed by atoms with E-state index in [2.05, 4.69) is 10.3 Å². The monoisotopic (exact) mass is 357 g/mol. The summed E-state index contributed by atoms with van der Waals surface area (Å²) in [5.41, 5.74) is 3.10. The second kappa shape index (κ2) is 8.39. The lowest BCUT2D eigenvalue weighted by atomic mass is 10.1. The van der Waals surface area contributed by atoms with Crippen molar-refractivity contribution in [3.63, 3.8) is 0 Å². The molecule has 1 amide bonds. The molecule has 0 fully saturated rings. The number of aryl methyl sites for hydroxylation is 2. The average Bonchev–Trinajstić information content (AvgIpc) is 2.86. The minimum atomic E-state index is -4.64. The highest BCUT2D eigenvalue weighted by Crippen LogP contribution is 2.25. The number of benzene rings is 1. The van der Waals surface area contributed by atoms with E-state index in [9.17, 15) is 4.79 Å². The number of hydrogen-bond acceptors (Lipinski definition) is 4. The summed E-state index contributed by atoms with van der Waals surface area (Å²) in [5, 5.41) is 3.04.